The number of aromatic nitrogens is 3. The molecule has 0 amide bonds. The van der Waals surface area contributed by atoms with Gasteiger partial charge in [-0.2, -0.15) is 10.1 Å². The quantitative estimate of drug-likeness (QED) is 0.226. The van der Waals surface area contributed by atoms with Crippen LogP contribution in [0.2, 0.25) is 5.02 Å². The van der Waals surface area contributed by atoms with Crippen molar-refractivity contribution in [2.24, 2.45) is 15.1 Å². The topological polar surface area (TPSA) is 112 Å². The molecule has 3 heterocycles. The average molecular weight is 570 g/mol. The minimum absolute atomic E-state index is 0.455. The molecule has 1 aliphatic heterocycles. The number of morpholine rings is 1. The maximum Gasteiger partial charge on any atom is 0.240 e. The van der Waals surface area contributed by atoms with Gasteiger partial charge in [0, 0.05) is 37.6 Å². The number of amidine groups is 1. The highest BCUT2D eigenvalue weighted by Gasteiger charge is 2.12. The number of alkyl halides is 1. The summed E-state index contributed by atoms with van der Waals surface area (Å²) in [7, 11) is 0.500. The van der Waals surface area contributed by atoms with Crippen LogP contribution in [0.3, 0.4) is 0 Å². The van der Waals surface area contributed by atoms with Crippen molar-refractivity contribution >= 4 is 41.0 Å². The molecule has 0 saturated carbocycles. The van der Waals surface area contributed by atoms with Gasteiger partial charge in [0.25, 0.3) is 0 Å². The van der Waals surface area contributed by atoms with Crippen LogP contribution < -0.4 is 10.7 Å². The third-order valence-corrected chi connectivity index (χ3v) is 5.65. The largest absolute Gasteiger partial charge is 0.378 e. The van der Waals surface area contributed by atoms with Gasteiger partial charge in [-0.25, -0.2) is 15.4 Å². The Balaban J connectivity index is 0.00000134. The molecule has 0 bridgehead atoms. The summed E-state index contributed by atoms with van der Waals surface area (Å²) in [6, 6.07) is 9.52. The Kier molecular flexibility index (Phi) is 14.8. The van der Waals surface area contributed by atoms with Crippen molar-refractivity contribution in [3.8, 4) is 11.1 Å². The lowest BCUT2D eigenvalue weighted by Crippen LogP contribution is -2.40. The molecular formula is C28H37ClFN9O. The number of nitrogens with zero attached hydrogens (tertiary/aromatic N) is 7. The van der Waals surface area contributed by atoms with Gasteiger partial charge in [0.2, 0.25) is 5.96 Å². The summed E-state index contributed by atoms with van der Waals surface area (Å²) >= 11 is 6.49. The van der Waals surface area contributed by atoms with E-state index in [1.54, 1.807) is 24.8 Å². The number of nitrogens with one attached hydrogen (secondary N) is 2. The molecule has 2 aromatic heterocycles. The van der Waals surface area contributed by atoms with E-state index < -0.39 is 0 Å². The summed E-state index contributed by atoms with van der Waals surface area (Å²) < 4.78 is 14.9. The molecule has 2 N–H and O–H groups in total. The fourth-order valence-corrected chi connectivity index (χ4v) is 3.70. The second kappa shape index (κ2) is 18.3. The van der Waals surface area contributed by atoms with E-state index in [0.29, 0.717) is 43.6 Å². The smallest absolute Gasteiger partial charge is 0.240 e. The molecule has 0 aliphatic carbocycles. The number of rotatable bonds is 6. The number of hydrazone groups is 1. The summed E-state index contributed by atoms with van der Waals surface area (Å²) in [6.07, 6.45) is 8.34. The molecule has 3 aromatic rings. The Morgan fingerprint density at radius 2 is 1.80 bits per heavy atom. The van der Waals surface area contributed by atoms with E-state index in [4.69, 9.17) is 16.3 Å². The van der Waals surface area contributed by atoms with E-state index in [1.165, 1.54) is 6.33 Å². The minimum atomic E-state index is 0.455. The Bertz CT molecular complexity index is 1230. The molecule has 1 aliphatic rings. The van der Waals surface area contributed by atoms with Crippen molar-refractivity contribution < 1.29 is 9.13 Å². The van der Waals surface area contributed by atoms with Crippen LogP contribution in [0.15, 0.2) is 70.3 Å². The Labute approximate surface area is 240 Å². The van der Waals surface area contributed by atoms with Gasteiger partial charge in [0.15, 0.2) is 0 Å². The Morgan fingerprint density at radius 1 is 1.07 bits per heavy atom. The summed E-state index contributed by atoms with van der Waals surface area (Å²) in [5.74, 6) is 1.33. The monoisotopic (exact) mass is 569 g/mol. The Morgan fingerprint density at radius 3 is 2.42 bits per heavy atom. The third-order valence-electron chi connectivity index (χ3n) is 5.33. The number of hydrogen-bond donors (Lipinski definition) is 2. The van der Waals surface area contributed by atoms with Crippen LogP contribution in [0, 0.1) is 0 Å². The molecule has 0 atom stereocenters. The van der Waals surface area contributed by atoms with Gasteiger partial charge in [0.05, 0.1) is 54.9 Å². The predicted molar refractivity (Wildman–Crippen MR) is 163 cm³/mol. The highest BCUT2D eigenvalue weighted by atomic mass is 35.5. The summed E-state index contributed by atoms with van der Waals surface area (Å²) in [6.45, 7) is 11.6. The fourth-order valence-electron chi connectivity index (χ4n) is 3.47. The zero-order valence-electron chi connectivity index (χ0n) is 23.6. The molecular weight excluding hydrogens is 533 g/mol. The maximum absolute atomic E-state index is 9.50. The zero-order valence-corrected chi connectivity index (χ0v) is 24.4. The number of anilines is 2. The lowest BCUT2D eigenvalue weighted by Gasteiger charge is -2.28. The molecule has 1 saturated heterocycles. The first kappa shape index (κ1) is 32.3. The number of guanidine groups is 1. The van der Waals surface area contributed by atoms with Crippen molar-refractivity contribution in [3.63, 3.8) is 0 Å². The van der Waals surface area contributed by atoms with Crippen LogP contribution in [0.5, 0.6) is 0 Å². The standard InChI is InChI=1S/C25H28ClN9O.C2H6.CH3F/c1-3-29-25(32-18(2)35-8-10-36-11-9-35)34-31-16-21-5-6-22(15-30-21)33-24-7-4-19(12-23(24)26)20-13-27-17-28-14-20;2*1-2/h4-7,12-17,33H,3,8-11H2,1-2H3,(H,29,34);1-2H3;1H3/b31-16+,32-18+;;. The molecule has 0 spiro atoms. The number of pyridine rings is 1. The molecule has 0 unspecified atom stereocenters. The third kappa shape index (κ3) is 10.3. The summed E-state index contributed by atoms with van der Waals surface area (Å²) in [4.78, 5) is 23.7. The van der Waals surface area contributed by atoms with Crippen LogP contribution in [-0.4, -0.2) is 77.9 Å². The van der Waals surface area contributed by atoms with Crippen molar-refractivity contribution in [3.05, 3.63) is 66.0 Å². The number of benzene rings is 1. The van der Waals surface area contributed by atoms with Gasteiger partial charge in [-0.1, -0.05) is 31.5 Å². The van der Waals surface area contributed by atoms with Crippen LogP contribution in [0.1, 0.15) is 33.4 Å². The zero-order chi connectivity index (χ0) is 29.2. The van der Waals surface area contributed by atoms with Crippen LogP contribution in [0.25, 0.3) is 11.1 Å². The highest BCUT2D eigenvalue weighted by Crippen LogP contribution is 2.30. The number of aliphatic imine (C=N–C) groups is 2. The van der Waals surface area contributed by atoms with Gasteiger partial charge < -0.3 is 15.0 Å². The average Bonchev–Trinajstić information content (AvgIpc) is 3.02. The van der Waals surface area contributed by atoms with Gasteiger partial charge in [-0.05, 0) is 43.7 Å². The number of hydrogen-bond acceptors (Lipinski definition) is 7. The predicted octanol–water partition coefficient (Wildman–Crippen LogP) is 5.60. The molecule has 214 valence electrons. The van der Waals surface area contributed by atoms with Crippen molar-refractivity contribution in [1.82, 2.24) is 25.3 Å². The Hall–Kier alpha value is -3.96. The van der Waals surface area contributed by atoms with E-state index in [-0.39, 0.29) is 0 Å². The first-order valence-corrected chi connectivity index (χ1v) is 13.4. The molecule has 1 aromatic carbocycles. The van der Waals surface area contributed by atoms with Crippen LogP contribution in [0.4, 0.5) is 15.8 Å². The maximum atomic E-state index is 9.50. The highest BCUT2D eigenvalue weighted by molar-refractivity contribution is 6.33. The lowest BCUT2D eigenvalue weighted by molar-refractivity contribution is 0.0678. The fraction of sp³-hybridized carbons (Fsp3) is 0.357. The van der Waals surface area contributed by atoms with Crippen LogP contribution in [-0.2, 0) is 4.74 Å². The molecule has 10 nitrogen and oxygen atoms in total. The van der Waals surface area contributed by atoms with Gasteiger partial charge >= 0.3 is 0 Å². The molecule has 4 rings (SSSR count). The van der Waals surface area contributed by atoms with Crippen molar-refractivity contribution in [1.29, 1.82) is 0 Å². The van der Waals surface area contributed by atoms with Gasteiger partial charge in [0.1, 0.15) is 12.2 Å². The minimum Gasteiger partial charge on any atom is -0.378 e. The number of halogens is 2. The first-order chi connectivity index (χ1) is 19.6. The molecule has 40 heavy (non-hydrogen) atoms. The first-order valence-electron chi connectivity index (χ1n) is 13.0. The van der Waals surface area contributed by atoms with Gasteiger partial charge in [-0.3, -0.25) is 14.4 Å². The van der Waals surface area contributed by atoms with Crippen LogP contribution >= 0.6 is 11.6 Å². The van der Waals surface area contributed by atoms with E-state index in [9.17, 15) is 4.39 Å². The lowest BCUT2D eigenvalue weighted by atomic mass is 10.1. The second-order valence-electron chi connectivity index (χ2n) is 7.84. The van der Waals surface area contributed by atoms with E-state index >= 15 is 0 Å². The summed E-state index contributed by atoms with van der Waals surface area (Å²) in [5, 5.41) is 8.13. The summed E-state index contributed by atoms with van der Waals surface area (Å²) in [5.41, 5.74) is 7.02. The van der Waals surface area contributed by atoms with E-state index in [2.05, 4.69) is 45.7 Å². The number of ether oxygens (including phenoxy) is 1. The molecule has 0 radical (unpaired) electrons. The van der Waals surface area contributed by atoms with E-state index in [1.807, 2.05) is 58.0 Å². The SMILES string of the molecule is CC.CCN=C(/N=C(\C)N1CCOCC1)N/N=C/c1ccc(Nc2ccc(-c3cncnc3)cc2Cl)cn1.CF. The normalized spacial score (nSPS) is 13.6. The molecule has 12 heteroatoms. The van der Waals surface area contributed by atoms with E-state index in [0.717, 1.165) is 41.4 Å². The van der Waals surface area contributed by atoms with Crippen molar-refractivity contribution in [2.75, 3.05) is 45.3 Å². The van der Waals surface area contributed by atoms with Gasteiger partial charge in [-0.15, -0.1) is 0 Å². The second-order valence-corrected chi connectivity index (χ2v) is 8.25. The molecule has 1 fully saturated rings. The van der Waals surface area contributed by atoms with Crippen molar-refractivity contribution in [2.45, 2.75) is 27.7 Å².